The molecule has 1 aromatic carbocycles. The lowest BCUT2D eigenvalue weighted by molar-refractivity contribution is -0.141. The molecule has 0 saturated heterocycles. The van der Waals surface area contributed by atoms with Crippen molar-refractivity contribution in [3.63, 3.8) is 0 Å². The molecule has 0 bridgehead atoms. The van der Waals surface area contributed by atoms with Crippen LogP contribution in [0.3, 0.4) is 0 Å². The van der Waals surface area contributed by atoms with E-state index in [0.717, 1.165) is 16.9 Å². The van der Waals surface area contributed by atoms with Gasteiger partial charge in [0, 0.05) is 6.42 Å². The first kappa shape index (κ1) is 16.6. The van der Waals surface area contributed by atoms with Gasteiger partial charge in [-0.05, 0) is 31.0 Å². The van der Waals surface area contributed by atoms with E-state index in [1.807, 2.05) is 32.0 Å². The Morgan fingerprint density at radius 1 is 1.43 bits per heavy atom. The largest absolute Gasteiger partial charge is 0.493 e. The summed E-state index contributed by atoms with van der Waals surface area (Å²) in [5.74, 6) is 1.40. The van der Waals surface area contributed by atoms with Gasteiger partial charge in [-0.15, -0.1) is 12.3 Å². The summed E-state index contributed by atoms with van der Waals surface area (Å²) < 4.78 is 5.54. The Labute approximate surface area is 124 Å². The minimum absolute atomic E-state index is 0.0427. The molecule has 21 heavy (non-hydrogen) atoms. The lowest BCUT2D eigenvalue weighted by Crippen LogP contribution is -2.40. The molecule has 1 amide bonds. The van der Waals surface area contributed by atoms with Gasteiger partial charge in [0.2, 0.25) is 5.91 Å². The standard InChI is InChI=1S/C16H19NO4/c1-4-5-13(16(19)20)17-15(18)8-9-21-14-10-11(2)6-7-12(14)3/h1,6-7,10,13H,5,8-9H2,2-3H3,(H,17,18)(H,19,20). The van der Waals surface area contributed by atoms with Crippen molar-refractivity contribution in [1.29, 1.82) is 0 Å². The van der Waals surface area contributed by atoms with E-state index in [-0.39, 0.29) is 19.4 Å². The van der Waals surface area contributed by atoms with Crippen LogP contribution in [0.15, 0.2) is 18.2 Å². The number of hydrogen-bond acceptors (Lipinski definition) is 3. The number of benzene rings is 1. The highest BCUT2D eigenvalue weighted by Crippen LogP contribution is 2.19. The zero-order chi connectivity index (χ0) is 15.8. The van der Waals surface area contributed by atoms with Crippen LogP contribution in [0.25, 0.3) is 0 Å². The summed E-state index contributed by atoms with van der Waals surface area (Å²) >= 11 is 0. The Hall–Kier alpha value is -2.48. The maximum atomic E-state index is 11.7. The number of carboxylic acids is 1. The van der Waals surface area contributed by atoms with E-state index in [1.54, 1.807) is 0 Å². The van der Waals surface area contributed by atoms with Crippen LogP contribution in [0.4, 0.5) is 0 Å². The molecule has 0 aliphatic carbocycles. The number of amides is 1. The van der Waals surface area contributed by atoms with E-state index in [0.29, 0.717) is 0 Å². The summed E-state index contributed by atoms with van der Waals surface area (Å²) in [6.07, 6.45) is 5.09. The van der Waals surface area contributed by atoms with Gasteiger partial charge >= 0.3 is 5.97 Å². The van der Waals surface area contributed by atoms with Crippen molar-refractivity contribution in [2.24, 2.45) is 0 Å². The van der Waals surface area contributed by atoms with E-state index < -0.39 is 17.9 Å². The average Bonchev–Trinajstić information content (AvgIpc) is 2.42. The molecular weight excluding hydrogens is 270 g/mol. The SMILES string of the molecule is C#CCC(NC(=O)CCOc1cc(C)ccc1C)C(=O)O. The molecule has 2 N–H and O–H groups in total. The van der Waals surface area contributed by atoms with Crippen molar-refractivity contribution in [3.8, 4) is 18.1 Å². The Morgan fingerprint density at radius 2 is 2.14 bits per heavy atom. The molecule has 0 radical (unpaired) electrons. The predicted octanol–water partition coefficient (Wildman–Crippen LogP) is 1.67. The van der Waals surface area contributed by atoms with E-state index in [4.69, 9.17) is 16.3 Å². The van der Waals surface area contributed by atoms with Gasteiger partial charge in [-0.3, -0.25) is 4.79 Å². The number of hydrogen-bond donors (Lipinski definition) is 2. The minimum Gasteiger partial charge on any atom is -0.493 e. The van der Waals surface area contributed by atoms with Gasteiger partial charge in [0.15, 0.2) is 0 Å². The topological polar surface area (TPSA) is 75.6 Å². The molecule has 0 aliphatic rings. The van der Waals surface area contributed by atoms with Crippen molar-refractivity contribution in [2.75, 3.05) is 6.61 Å². The van der Waals surface area contributed by atoms with Crippen molar-refractivity contribution in [3.05, 3.63) is 29.3 Å². The van der Waals surface area contributed by atoms with Crippen LogP contribution >= 0.6 is 0 Å². The summed E-state index contributed by atoms with van der Waals surface area (Å²) in [6.45, 7) is 4.05. The fourth-order valence-corrected chi connectivity index (χ4v) is 1.70. The highest BCUT2D eigenvalue weighted by atomic mass is 16.5. The average molecular weight is 289 g/mol. The monoisotopic (exact) mass is 289 g/mol. The Balaban J connectivity index is 2.45. The maximum absolute atomic E-state index is 11.7. The molecule has 1 aromatic rings. The van der Waals surface area contributed by atoms with E-state index in [2.05, 4.69) is 11.2 Å². The van der Waals surface area contributed by atoms with Gasteiger partial charge in [0.05, 0.1) is 13.0 Å². The number of rotatable bonds is 7. The number of carbonyl (C=O) groups is 2. The first-order valence-electron chi connectivity index (χ1n) is 6.59. The first-order valence-corrected chi connectivity index (χ1v) is 6.59. The van der Waals surface area contributed by atoms with Crippen LogP contribution in [0.2, 0.25) is 0 Å². The molecule has 1 atom stereocenters. The second kappa shape index (κ2) is 7.95. The first-order chi connectivity index (χ1) is 9.93. The van der Waals surface area contributed by atoms with Crippen molar-refractivity contribution in [2.45, 2.75) is 32.7 Å². The molecule has 0 spiro atoms. The number of aliphatic carboxylic acids is 1. The van der Waals surface area contributed by atoms with E-state index in [9.17, 15) is 9.59 Å². The maximum Gasteiger partial charge on any atom is 0.327 e. The van der Waals surface area contributed by atoms with Crippen LogP contribution in [0.5, 0.6) is 5.75 Å². The fraction of sp³-hybridized carbons (Fsp3) is 0.375. The second-order valence-electron chi connectivity index (χ2n) is 4.73. The minimum atomic E-state index is -1.14. The molecule has 0 fully saturated rings. The Bertz CT molecular complexity index is 560. The quantitative estimate of drug-likeness (QED) is 0.749. The summed E-state index contributed by atoms with van der Waals surface area (Å²) in [5.41, 5.74) is 2.05. The molecule has 1 unspecified atom stereocenters. The van der Waals surface area contributed by atoms with Gasteiger partial charge in [0.1, 0.15) is 11.8 Å². The Morgan fingerprint density at radius 3 is 2.76 bits per heavy atom. The second-order valence-corrected chi connectivity index (χ2v) is 4.73. The number of aryl methyl sites for hydroxylation is 2. The van der Waals surface area contributed by atoms with Gasteiger partial charge < -0.3 is 15.2 Å². The summed E-state index contributed by atoms with van der Waals surface area (Å²) in [5, 5.41) is 11.3. The molecule has 5 heteroatoms. The summed E-state index contributed by atoms with van der Waals surface area (Å²) in [6, 6.07) is 4.76. The molecule has 1 rings (SSSR count). The normalized spacial score (nSPS) is 11.3. The molecule has 0 aromatic heterocycles. The zero-order valence-corrected chi connectivity index (χ0v) is 12.2. The van der Waals surface area contributed by atoms with Crippen LogP contribution in [0, 0.1) is 26.2 Å². The predicted molar refractivity (Wildman–Crippen MR) is 79.0 cm³/mol. The molecule has 0 heterocycles. The number of carboxylic acid groups (broad SMARTS) is 1. The molecule has 112 valence electrons. The summed E-state index contributed by atoms with van der Waals surface area (Å²) in [4.78, 5) is 22.5. The third kappa shape index (κ3) is 5.57. The van der Waals surface area contributed by atoms with Gasteiger partial charge in [-0.1, -0.05) is 12.1 Å². The molecular formula is C16H19NO4. The van der Waals surface area contributed by atoms with Crippen LogP contribution in [0.1, 0.15) is 24.0 Å². The van der Waals surface area contributed by atoms with Crippen molar-refractivity contribution in [1.82, 2.24) is 5.32 Å². The number of ether oxygens (including phenoxy) is 1. The third-order valence-corrected chi connectivity index (χ3v) is 2.89. The molecule has 5 nitrogen and oxygen atoms in total. The third-order valence-electron chi connectivity index (χ3n) is 2.89. The van der Waals surface area contributed by atoms with Gasteiger partial charge in [-0.25, -0.2) is 4.79 Å². The Kier molecular flexibility index (Phi) is 6.28. The zero-order valence-electron chi connectivity index (χ0n) is 12.2. The highest BCUT2D eigenvalue weighted by molar-refractivity contribution is 5.83. The van der Waals surface area contributed by atoms with Gasteiger partial charge in [0.25, 0.3) is 0 Å². The lowest BCUT2D eigenvalue weighted by atomic mass is 10.1. The smallest absolute Gasteiger partial charge is 0.327 e. The lowest BCUT2D eigenvalue weighted by Gasteiger charge is -2.13. The van der Waals surface area contributed by atoms with Crippen molar-refractivity contribution >= 4 is 11.9 Å². The number of carbonyl (C=O) groups excluding carboxylic acids is 1. The van der Waals surface area contributed by atoms with E-state index >= 15 is 0 Å². The highest BCUT2D eigenvalue weighted by Gasteiger charge is 2.18. The van der Waals surface area contributed by atoms with Crippen LogP contribution in [-0.2, 0) is 9.59 Å². The molecule has 0 aliphatic heterocycles. The van der Waals surface area contributed by atoms with Crippen LogP contribution < -0.4 is 10.1 Å². The van der Waals surface area contributed by atoms with Gasteiger partial charge in [-0.2, -0.15) is 0 Å². The van der Waals surface area contributed by atoms with Crippen molar-refractivity contribution < 1.29 is 19.4 Å². The van der Waals surface area contributed by atoms with Crippen LogP contribution in [-0.4, -0.2) is 29.6 Å². The number of nitrogens with one attached hydrogen (secondary N) is 1. The molecule has 0 saturated carbocycles. The van der Waals surface area contributed by atoms with E-state index in [1.165, 1.54) is 0 Å². The number of terminal acetylenes is 1. The fourth-order valence-electron chi connectivity index (χ4n) is 1.70. The summed E-state index contributed by atoms with van der Waals surface area (Å²) in [7, 11) is 0.